The molecule has 0 aromatic rings. The van der Waals surface area contributed by atoms with Gasteiger partial charge in [-0.3, -0.25) is 4.79 Å². The van der Waals surface area contributed by atoms with E-state index in [1.165, 1.54) is 6.42 Å². The van der Waals surface area contributed by atoms with Crippen LogP contribution in [0.5, 0.6) is 0 Å². The normalized spacial score (nSPS) is 46.7. The van der Waals surface area contributed by atoms with Gasteiger partial charge in [0.1, 0.15) is 0 Å². The minimum atomic E-state index is -0.582. The molecule has 2 fully saturated rings. The van der Waals surface area contributed by atoms with Gasteiger partial charge in [-0.1, -0.05) is 20.8 Å². The van der Waals surface area contributed by atoms with E-state index in [4.69, 9.17) is 5.11 Å². The van der Waals surface area contributed by atoms with Gasteiger partial charge in [-0.2, -0.15) is 0 Å². The topological polar surface area (TPSA) is 37.3 Å². The van der Waals surface area contributed by atoms with Crippen LogP contribution in [0.1, 0.15) is 40.0 Å². The van der Waals surface area contributed by atoms with Crippen LogP contribution in [0.15, 0.2) is 0 Å². The molecule has 0 saturated heterocycles. The van der Waals surface area contributed by atoms with Crippen molar-refractivity contribution in [1.29, 1.82) is 0 Å². The van der Waals surface area contributed by atoms with Gasteiger partial charge in [0.2, 0.25) is 0 Å². The summed E-state index contributed by atoms with van der Waals surface area (Å²) in [6.07, 6.45) is 3.22. The molecule has 3 atom stereocenters. The molecular weight excluding hydrogens is 164 g/mol. The van der Waals surface area contributed by atoms with E-state index in [9.17, 15) is 4.79 Å². The van der Waals surface area contributed by atoms with Crippen molar-refractivity contribution in [2.24, 2.45) is 22.7 Å². The van der Waals surface area contributed by atoms with Gasteiger partial charge in [-0.15, -0.1) is 0 Å². The van der Waals surface area contributed by atoms with Crippen molar-refractivity contribution in [2.45, 2.75) is 40.0 Å². The maximum atomic E-state index is 11.0. The average Bonchev–Trinajstić information content (AvgIpc) is 2.34. The second-order valence-corrected chi connectivity index (χ2v) is 5.58. The van der Waals surface area contributed by atoms with E-state index < -0.39 is 5.97 Å². The Balaban J connectivity index is 2.34. The zero-order valence-corrected chi connectivity index (χ0v) is 8.63. The third kappa shape index (κ3) is 0.918. The standard InChI is InChI=1S/C11H18O2/c1-10(2)8-4-5-11(10,3)6-7(8)9(12)13/h7-8H,4-6H2,1-3H3,(H,12,13)/t7-,8-,11-/m0/s1. The predicted octanol–water partition coefficient (Wildman–Crippen LogP) is 2.53. The Morgan fingerprint density at radius 2 is 2.00 bits per heavy atom. The van der Waals surface area contributed by atoms with Crippen molar-refractivity contribution >= 4 is 5.97 Å². The fourth-order valence-electron chi connectivity index (χ4n) is 3.56. The second-order valence-electron chi connectivity index (χ2n) is 5.58. The first kappa shape index (κ1) is 9.04. The predicted molar refractivity (Wildman–Crippen MR) is 50.4 cm³/mol. The number of carboxylic acids is 1. The molecule has 0 amide bonds. The summed E-state index contributed by atoms with van der Waals surface area (Å²) in [4.78, 5) is 11.0. The van der Waals surface area contributed by atoms with E-state index in [-0.39, 0.29) is 16.7 Å². The highest BCUT2D eigenvalue weighted by atomic mass is 16.4. The summed E-state index contributed by atoms with van der Waals surface area (Å²) in [6, 6.07) is 0. The van der Waals surface area contributed by atoms with Crippen LogP contribution < -0.4 is 0 Å². The molecule has 2 aliphatic carbocycles. The number of rotatable bonds is 1. The Hall–Kier alpha value is -0.530. The third-order valence-electron chi connectivity index (χ3n) is 4.96. The van der Waals surface area contributed by atoms with Crippen molar-refractivity contribution in [3.8, 4) is 0 Å². The van der Waals surface area contributed by atoms with E-state index >= 15 is 0 Å². The summed E-state index contributed by atoms with van der Waals surface area (Å²) in [5.74, 6) is -0.245. The van der Waals surface area contributed by atoms with Gasteiger partial charge in [0.25, 0.3) is 0 Å². The lowest BCUT2D eigenvalue weighted by molar-refractivity contribution is -0.144. The average molecular weight is 182 g/mol. The molecule has 74 valence electrons. The Kier molecular flexibility index (Phi) is 1.59. The summed E-state index contributed by atoms with van der Waals surface area (Å²) in [7, 11) is 0. The van der Waals surface area contributed by atoms with Crippen molar-refractivity contribution in [3.63, 3.8) is 0 Å². The minimum Gasteiger partial charge on any atom is -0.481 e. The molecule has 1 N–H and O–H groups in total. The Labute approximate surface area is 79.3 Å². The highest BCUT2D eigenvalue weighted by Gasteiger charge is 2.62. The molecular formula is C11H18O2. The highest BCUT2D eigenvalue weighted by molar-refractivity contribution is 5.71. The van der Waals surface area contributed by atoms with Gasteiger partial charge in [-0.05, 0) is 36.0 Å². The monoisotopic (exact) mass is 182 g/mol. The fourth-order valence-corrected chi connectivity index (χ4v) is 3.56. The molecule has 0 radical (unpaired) electrons. The summed E-state index contributed by atoms with van der Waals surface area (Å²) >= 11 is 0. The molecule has 0 heterocycles. The third-order valence-corrected chi connectivity index (χ3v) is 4.96. The second kappa shape index (κ2) is 2.28. The quantitative estimate of drug-likeness (QED) is 0.676. The zero-order chi connectivity index (χ0) is 9.85. The first-order chi connectivity index (χ1) is 5.88. The maximum absolute atomic E-state index is 11.0. The van der Waals surface area contributed by atoms with Gasteiger partial charge < -0.3 is 5.11 Å². The van der Waals surface area contributed by atoms with Crippen LogP contribution in [0.25, 0.3) is 0 Å². The van der Waals surface area contributed by atoms with Crippen LogP contribution in [0.3, 0.4) is 0 Å². The maximum Gasteiger partial charge on any atom is 0.306 e. The van der Waals surface area contributed by atoms with Crippen molar-refractivity contribution in [2.75, 3.05) is 0 Å². The summed E-state index contributed by atoms with van der Waals surface area (Å²) < 4.78 is 0. The molecule has 2 aliphatic rings. The number of aliphatic carboxylic acids is 1. The molecule has 0 aliphatic heterocycles. The van der Waals surface area contributed by atoms with Crippen molar-refractivity contribution < 1.29 is 9.90 Å². The number of carboxylic acid groups (broad SMARTS) is 1. The van der Waals surface area contributed by atoms with Crippen LogP contribution in [-0.2, 0) is 4.79 Å². The van der Waals surface area contributed by atoms with Crippen LogP contribution >= 0.6 is 0 Å². The highest BCUT2D eigenvalue weighted by Crippen LogP contribution is 2.67. The van der Waals surface area contributed by atoms with Gasteiger partial charge in [0.15, 0.2) is 0 Å². The molecule has 0 aromatic heterocycles. The van der Waals surface area contributed by atoms with Crippen LogP contribution in [0, 0.1) is 22.7 Å². The lowest BCUT2D eigenvalue weighted by Gasteiger charge is -2.34. The lowest BCUT2D eigenvalue weighted by atomic mass is 9.71. The number of fused-ring (bicyclic) bond motifs is 2. The van der Waals surface area contributed by atoms with Crippen LogP contribution in [0.4, 0.5) is 0 Å². The fraction of sp³-hybridized carbons (Fsp3) is 0.909. The van der Waals surface area contributed by atoms with E-state index in [0.29, 0.717) is 5.92 Å². The zero-order valence-electron chi connectivity index (χ0n) is 8.63. The van der Waals surface area contributed by atoms with Gasteiger partial charge in [-0.25, -0.2) is 0 Å². The first-order valence-corrected chi connectivity index (χ1v) is 5.11. The molecule has 2 saturated carbocycles. The van der Waals surface area contributed by atoms with E-state index in [1.54, 1.807) is 0 Å². The SMILES string of the molecule is CC1(C)[C@H]2CC[C@@]1(C)C[C@@H]2C(=O)O. The van der Waals surface area contributed by atoms with Crippen LogP contribution in [-0.4, -0.2) is 11.1 Å². The van der Waals surface area contributed by atoms with E-state index in [0.717, 1.165) is 12.8 Å². The first-order valence-electron chi connectivity index (χ1n) is 5.11. The van der Waals surface area contributed by atoms with Gasteiger partial charge in [0, 0.05) is 0 Å². The Bertz CT molecular complexity index is 254. The largest absolute Gasteiger partial charge is 0.481 e. The molecule has 2 nitrogen and oxygen atoms in total. The Morgan fingerprint density at radius 3 is 2.23 bits per heavy atom. The summed E-state index contributed by atoms with van der Waals surface area (Å²) in [5, 5.41) is 9.08. The number of carbonyl (C=O) groups is 1. The minimum absolute atomic E-state index is 0.0752. The van der Waals surface area contributed by atoms with Gasteiger partial charge in [0.05, 0.1) is 5.92 Å². The molecule has 0 spiro atoms. The van der Waals surface area contributed by atoms with E-state index in [2.05, 4.69) is 20.8 Å². The number of hydrogen-bond acceptors (Lipinski definition) is 1. The Morgan fingerprint density at radius 1 is 1.38 bits per heavy atom. The molecule has 2 bridgehead atoms. The summed E-state index contributed by atoms with van der Waals surface area (Å²) in [5.41, 5.74) is 0.511. The van der Waals surface area contributed by atoms with Gasteiger partial charge >= 0.3 is 5.97 Å². The molecule has 2 heteroatoms. The molecule has 2 rings (SSSR count). The van der Waals surface area contributed by atoms with Crippen LogP contribution in [0.2, 0.25) is 0 Å². The van der Waals surface area contributed by atoms with Crippen molar-refractivity contribution in [3.05, 3.63) is 0 Å². The van der Waals surface area contributed by atoms with Crippen molar-refractivity contribution in [1.82, 2.24) is 0 Å². The molecule has 0 aromatic carbocycles. The number of hydrogen-bond donors (Lipinski definition) is 1. The molecule has 0 unspecified atom stereocenters. The summed E-state index contributed by atoms with van der Waals surface area (Å²) in [6.45, 7) is 6.75. The smallest absolute Gasteiger partial charge is 0.306 e. The molecule has 13 heavy (non-hydrogen) atoms. The van der Waals surface area contributed by atoms with E-state index in [1.807, 2.05) is 0 Å². The lowest BCUT2D eigenvalue weighted by Crippen LogP contribution is -2.26.